The summed E-state index contributed by atoms with van der Waals surface area (Å²) < 4.78 is 141. The molecule has 7 fully saturated rings. The normalized spacial score (nSPS) is 37.7. The van der Waals surface area contributed by atoms with Gasteiger partial charge < -0.3 is 114 Å². The molecule has 0 aromatic heterocycles. The van der Waals surface area contributed by atoms with Crippen LogP contribution in [0, 0.1) is 71.0 Å². The van der Waals surface area contributed by atoms with Gasteiger partial charge in [0.1, 0.15) is 48.6 Å². The largest absolute Gasteiger partial charge is 0.507 e. The van der Waals surface area contributed by atoms with Gasteiger partial charge in [-0.25, -0.2) is 4.79 Å². The predicted octanol–water partition coefficient (Wildman–Crippen LogP) is 7.72. The van der Waals surface area contributed by atoms with E-state index in [-0.39, 0.29) is 93.1 Å². The van der Waals surface area contributed by atoms with Crippen LogP contribution in [0.25, 0.3) is 0 Å². The van der Waals surface area contributed by atoms with E-state index in [1.807, 2.05) is 69.2 Å². The van der Waals surface area contributed by atoms with Crippen LogP contribution in [0.15, 0.2) is 42.5 Å². The van der Waals surface area contributed by atoms with Gasteiger partial charge in [0.25, 0.3) is 0 Å². The van der Waals surface area contributed by atoms with Gasteiger partial charge in [-0.2, -0.15) is 0 Å². The Bertz CT molecular complexity index is 3570. The predicted molar refractivity (Wildman–Crippen MR) is 392 cm³/mol. The molecule has 0 spiro atoms. The van der Waals surface area contributed by atoms with Crippen molar-refractivity contribution in [2.24, 2.45) is 71.0 Å². The second-order valence-electron chi connectivity index (χ2n) is 31.7. The summed E-state index contributed by atoms with van der Waals surface area (Å²) >= 11 is 0. The zero-order valence-electron chi connectivity index (χ0n) is 68.4. The Labute approximate surface area is 664 Å². The summed E-state index contributed by atoms with van der Waals surface area (Å²) in [5.41, 5.74) is 0.559. The number of hydrogen-bond acceptors (Lipinski definition) is 32. The lowest BCUT2D eigenvalue weighted by Crippen LogP contribution is -2.65. The fourth-order valence-corrected chi connectivity index (χ4v) is 15.4. The summed E-state index contributed by atoms with van der Waals surface area (Å²) in [6, 6.07) is 10.5. The second-order valence-corrected chi connectivity index (χ2v) is 31.7. The average molecular weight is 1620 g/mol. The van der Waals surface area contributed by atoms with Crippen molar-refractivity contribution < 1.29 is 158 Å². The minimum Gasteiger partial charge on any atom is -0.507 e. The van der Waals surface area contributed by atoms with Gasteiger partial charge in [-0.05, 0) is 65.0 Å². The highest BCUT2D eigenvalue weighted by molar-refractivity contribution is 5.91. The van der Waals surface area contributed by atoms with Gasteiger partial charge in [0, 0.05) is 89.9 Å². The highest BCUT2D eigenvalue weighted by Crippen LogP contribution is 2.45. The van der Waals surface area contributed by atoms with Crippen molar-refractivity contribution in [1.29, 1.82) is 0 Å². The molecule has 9 rings (SSSR count). The van der Waals surface area contributed by atoms with Crippen molar-refractivity contribution in [3.05, 3.63) is 59.2 Å². The summed E-state index contributed by atoms with van der Waals surface area (Å²) in [6.07, 6.45) is -23.4. The summed E-state index contributed by atoms with van der Waals surface area (Å²) in [7, 11) is 0. The van der Waals surface area contributed by atoms with Crippen molar-refractivity contribution in [2.45, 2.75) is 268 Å². The fourth-order valence-electron chi connectivity index (χ4n) is 15.4. The van der Waals surface area contributed by atoms with E-state index in [1.54, 1.807) is 38.1 Å². The summed E-state index contributed by atoms with van der Waals surface area (Å²) in [6.45, 7) is 30.8. The summed E-state index contributed by atoms with van der Waals surface area (Å²) in [4.78, 5) is 116. The van der Waals surface area contributed by atoms with Crippen LogP contribution in [0.1, 0.15) is 153 Å². The van der Waals surface area contributed by atoms with E-state index in [4.69, 9.17) is 104 Å². The molecular formula is C81H116O33. The number of benzene rings is 2. The standard InChI is InChI=1S/C81H116O33/c1-36-28-95-76(68(39(36)4)101-49(14)83)98-32-60-42(7)43(8)71(104-52(17)86)79(108-60)113-66-46(11)73(106-54(19)88)81(111-62(66)34-99-77-69(102-50(15)84)40(5)37(2)29-96-77)114-67-47(12)72(105-53(18)87)80(110-63(67)35-100-78-70(103-51(16)85)41(6)38(3)30-97-78)112-65-44(9)45(10)75(109-61(65)33-93-48(13)82)107-57-23-20-55(21-24-57)31-94-64(90)27-56-22-25-59(89)58(26-56)74(91)92/h20-26,36-47,60-63,65-73,75-81,89H,27-35H2,1-19H3,(H,91,92)/t36-,37-,38-,39+,40?,41+,42+,43+,44?,45?,46+,47+,60?,61+,62+,63?,65+,66+,67+,68?,69?,70?,71?,72?,73?,75-,76-,77-,78-,79+,80+,81+/m1/s1. The SMILES string of the molecule is CC(=O)OC[C@@H]1O[C@@H](Oc2ccc(COC(=O)Cc3ccc(O)c(C(=O)O)c3)cc2)C(C)C(C)[C@@H]1O[C@@H]1OC(CO[C@H]2OC[C@@H](C)[C@H](C)C2OC(C)=O)[C@@H](O[C@@H]2O[C@@H](CO[C@H]3OC[C@@H](C)C(C)C3OC(C)=O)[C@@H](O[C@@H]3OC(CO[C@H]4OC[C@@H](C)[C@H](C)C4OC(C)=O)[C@@H](C)[C@H](C)C3OC(C)=O)[C@H](C)C2OC(C)=O)[C@H](C)C1OC(C)=O. The van der Waals surface area contributed by atoms with Crippen LogP contribution in [0.3, 0.4) is 0 Å². The van der Waals surface area contributed by atoms with Crippen LogP contribution < -0.4 is 4.74 Å². The topological polar surface area (TPSA) is 397 Å². The van der Waals surface area contributed by atoms with Gasteiger partial charge >= 0.3 is 53.7 Å². The van der Waals surface area contributed by atoms with Crippen LogP contribution >= 0.6 is 0 Å². The fraction of sp³-hybridized carbons (Fsp3) is 0.741. The molecule has 7 saturated heterocycles. The molecule has 11 unspecified atom stereocenters. The van der Waals surface area contributed by atoms with Crippen molar-refractivity contribution in [2.75, 3.05) is 46.2 Å². The molecule has 33 heteroatoms. The third-order valence-electron chi connectivity index (χ3n) is 23.2. The van der Waals surface area contributed by atoms with Crippen molar-refractivity contribution in [3.63, 3.8) is 0 Å². The van der Waals surface area contributed by atoms with Gasteiger partial charge in [0.05, 0.1) is 70.5 Å². The van der Waals surface area contributed by atoms with Crippen molar-refractivity contribution in [3.8, 4) is 11.5 Å². The van der Waals surface area contributed by atoms with E-state index in [9.17, 15) is 53.4 Å². The Morgan fingerprint density at radius 1 is 0.360 bits per heavy atom. The number of hydrogen-bond donors (Lipinski definition) is 2. The molecule has 0 saturated carbocycles. The highest BCUT2D eigenvalue weighted by atomic mass is 16.8. The molecule has 7 heterocycles. The lowest BCUT2D eigenvalue weighted by atomic mass is 9.83. The van der Waals surface area contributed by atoms with Crippen molar-refractivity contribution >= 4 is 53.7 Å². The first-order valence-corrected chi connectivity index (χ1v) is 39.3. The minimum atomic E-state index is -1.60. The van der Waals surface area contributed by atoms with E-state index in [0.717, 1.165) is 0 Å². The van der Waals surface area contributed by atoms with E-state index in [0.29, 0.717) is 23.5 Å². The number of aromatic hydroxyl groups is 1. The molecule has 114 heavy (non-hydrogen) atoms. The smallest absolute Gasteiger partial charge is 0.339 e. The number of ether oxygens (including phenoxy) is 22. The number of carboxylic acid groups (broad SMARTS) is 1. The monoisotopic (exact) mass is 1620 g/mol. The molecule has 7 aliphatic heterocycles. The van der Waals surface area contributed by atoms with Gasteiger partial charge in [-0.1, -0.05) is 101 Å². The second kappa shape index (κ2) is 40.7. The molecule has 7 aliphatic rings. The Morgan fingerprint density at radius 2 is 0.702 bits per heavy atom. The van der Waals surface area contributed by atoms with Crippen molar-refractivity contribution in [1.82, 2.24) is 0 Å². The lowest BCUT2D eigenvalue weighted by Gasteiger charge is -2.52. The van der Waals surface area contributed by atoms with E-state index in [1.165, 1.54) is 66.7 Å². The number of carbonyl (C=O) groups is 9. The van der Waals surface area contributed by atoms with Gasteiger partial charge in [-0.15, -0.1) is 0 Å². The molecule has 2 N–H and O–H groups in total. The van der Waals surface area contributed by atoms with Crippen LogP contribution in [0.2, 0.25) is 0 Å². The Kier molecular flexibility index (Phi) is 32.4. The third kappa shape index (κ3) is 23.3. The minimum absolute atomic E-state index is 0.0362. The van der Waals surface area contributed by atoms with E-state index in [2.05, 4.69) is 0 Å². The number of esters is 8. The maximum absolute atomic E-state index is 13.7. The molecule has 0 bridgehead atoms. The first-order chi connectivity index (χ1) is 53.9. The first kappa shape index (κ1) is 90.7. The van der Waals surface area contributed by atoms with E-state index < -0.39 is 219 Å². The zero-order valence-corrected chi connectivity index (χ0v) is 68.4. The Balaban J connectivity index is 1.03. The molecule has 2 aromatic rings. The number of carboxylic acids is 1. The molecule has 0 radical (unpaired) electrons. The molecular weight excluding hydrogens is 1500 g/mol. The number of carbonyl (C=O) groups excluding carboxylic acids is 8. The molecule has 0 aliphatic carbocycles. The average Bonchev–Trinajstić information content (AvgIpc) is 0.762. The molecule has 0 amide bonds. The quantitative estimate of drug-likeness (QED) is 0.0558. The van der Waals surface area contributed by atoms with Crippen LogP contribution in [-0.2, 0) is 151 Å². The van der Waals surface area contributed by atoms with Crippen LogP contribution in [0.5, 0.6) is 11.5 Å². The maximum atomic E-state index is 13.7. The molecule has 2 aromatic carbocycles. The van der Waals surface area contributed by atoms with Gasteiger partial charge in [0.2, 0.25) is 6.29 Å². The third-order valence-corrected chi connectivity index (χ3v) is 23.2. The molecule has 638 valence electrons. The lowest BCUT2D eigenvalue weighted by molar-refractivity contribution is -0.381. The number of phenols is 1. The van der Waals surface area contributed by atoms with Gasteiger partial charge in [0.15, 0.2) is 74.4 Å². The summed E-state index contributed by atoms with van der Waals surface area (Å²) in [5.74, 6) is -11.2. The molecule has 32 atom stereocenters. The van der Waals surface area contributed by atoms with Crippen LogP contribution in [0.4, 0.5) is 0 Å². The Morgan fingerprint density at radius 3 is 1.10 bits per heavy atom. The highest BCUT2D eigenvalue weighted by Gasteiger charge is 2.58. The summed E-state index contributed by atoms with van der Waals surface area (Å²) in [5, 5.41) is 19.4. The number of rotatable bonds is 30. The van der Waals surface area contributed by atoms with E-state index >= 15 is 0 Å². The maximum Gasteiger partial charge on any atom is 0.339 e. The number of aromatic carboxylic acids is 1. The van der Waals surface area contributed by atoms with Crippen LogP contribution in [-0.4, -0.2) is 234 Å². The Hall–Kier alpha value is -7.25. The first-order valence-electron chi connectivity index (χ1n) is 39.3. The van der Waals surface area contributed by atoms with Gasteiger partial charge in [-0.3, -0.25) is 38.4 Å². The zero-order chi connectivity index (χ0) is 83.4. The molecule has 33 nitrogen and oxygen atoms in total.